The molecule has 0 bridgehead atoms. The fourth-order valence-electron chi connectivity index (χ4n) is 4.04. The van der Waals surface area contributed by atoms with Gasteiger partial charge >= 0.3 is 0 Å². The van der Waals surface area contributed by atoms with Crippen molar-refractivity contribution in [1.82, 2.24) is 5.32 Å². The van der Waals surface area contributed by atoms with Crippen LogP contribution in [0.25, 0.3) is 0 Å². The van der Waals surface area contributed by atoms with Crippen molar-refractivity contribution in [2.24, 2.45) is 0 Å². The summed E-state index contributed by atoms with van der Waals surface area (Å²) in [6.45, 7) is 5.87. The number of carbonyl (C=O) groups is 2. The van der Waals surface area contributed by atoms with Crippen molar-refractivity contribution in [2.45, 2.75) is 46.1 Å². The van der Waals surface area contributed by atoms with Gasteiger partial charge in [0.1, 0.15) is 11.5 Å². The molecule has 154 valence electrons. The zero-order chi connectivity index (χ0) is 21.0. The van der Waals surface area contributed by atoms with Crippen LogP contribution in [0.5, 0.6) is 0 Å². The van der Waals surface area contributed by atoms with E-state index in [1.165, 1.54) is 5.56 Å². The lowest BCUT2D eigenvalue weighted by molar-refractivity contribution is -0.119. The van der Waals surface area contributed by atoms with Crippen molar-refractivity contribution in [3.05, 3.63) is 64.2 Å². The largest absolute Gasteiger partial charge is 0.348 e. The van der Waals surface area contributed by atoms with Gasteiger partial charge in [0.05, 0.1) is 6.04 Å². The minimum Gasteiger partial charge on any atom is -0.348 e. The highest BCUT2D eigenvalue weighted by molar-refractivity contribution is 7.86. The second-order valence-electron chi connectivity index (χ2n) is 7.76. The van der Waals surface area contributed by atoms with Crippen molar-refractivity contribution in [3.8, 4) is 0 Å². The van der Waals surface area contributed by atoms with Crippen molar-refractivity contribution >= 4 is 28.3 Å². The maximum atomic E-state index is 12.4. The molecule has 1 aliphatic carbocycles. The Bertz CT molecular complexity index is 932. The fraction of sp³-hybridized carbons (Fsp3) is 0.391. The maximum Gasteiger partial charge on any atom is 0.237 e. The van der Waals surface area contributed by atoms with Crippen LogP contribution >= 0.6 is 0 Å². The van der Waals surface area contributed by atoms with Crippen molar-refractivity contribution in [1.29, 1.82) is 0 Å². The molecule has 0 aliphatic heterocycles. The number of nitrogens with one attached hydrogen (secondary N) is 2. The minimum absolute atomic E-state index is 0.0452. The smallest absolute Gasteiger partial charge is 0.237 e. The molecule has 1 aliphatic rings. The normalized spacial score (nSPS) is 16.6. The summed E-state index contributed by atoms with van der Waals surface area (Å²) in [5.74, 6) is -0.978. The Hall–Kier alpha value is -2.47. The average molecular weight is 413 g/mol. The van der Waals surface area contributed by atoms with Crippen LogP contribution in [0.3, 0.4) is 0 Å². The van der Waals surface area contributed by atoms with Gasteiger partial charge in [0, 0.05) is 16.5 Å². The molecule has 0 aromatic heterocycles. The Morgan fingerprint density at radius 1 is 1.03 bits per heavy atom. The predicted molar refractivity (Wildman–Crippen MR) is 117 cm³/mol. The van der Waals surface area contributed by atoms with Crippen LogP contribution in [0.15, 0.2) is 36.4 Å². The van der Waals surface area contributed by atoms with E-state index < -0.39 is 10.8 Å². The Morgan fingerprint density at radius 2 is 1.69 bits per heavy atom. The molecule has 0 heterocycles. The van der Waals surface area contributed by atoms with Gasteiger partial charge in [-0.1, -0.05) is 42.0 Å². The summed E-state index contributed by atoms with van der Waals surface area (Å²) in [5.41, 5.74) is 6.21. The molecule has 2 N–H and O–H groups in total. The van der Waals surface area contributed by atoms with Gasteiger partial charge in [-0.15, -0.1) is 0 Å². The van der Waals surface area contributed by atoms with E-state index >= 15 is 0 Å². The third-order valence-corrected chi connectivity index (χ3v) is 6.40. The highest BCUT2D eigenvalue weighted by Gasteiger charge is 2.22. The summed E-state index contributed by atoms with van der Waals surface area (Å²) in [5, 5.41) is 5.83. The molecule has 2 amide bonds. The molecule has 29 heavy (non-hydrogen) atoms. The predicted octanol–water partition coefficient (Wildman–Crippen LogP) is 3.49. The molecule has 2 aromatic rings. The van der Waals surface area contributed by atoms with Gasteiger partial charge in [-0.3, -0.25) is 13.8 Å². The van der Waals surface area contributed by atoms with Gasteiger partial charge < -0.3 is 10.6 Å². The Labute approximate surface area is 174 Å². The van der Waals surface area contributed by atoms with E-state index in [4.69, 9.17) is 0 Å². The average Bonchev–Trinajstić information content (AvgIpc) is 2.64. The quantitative estimate of drug-likeness (QED) is 0.763. The number of hydrogen-bond acceptors (Lipinski definition) is 3. The maximum absolute atomic E-state index is 12.4. The zero-order valence-electron chi connectivity index (χ0n) is 17.2. The molecule has 2 atom stereocenters. The van der Waals surface area contributed by atoms with Gasteiger partial charge in [0.2, 0.25) is 11.8 Å². The summed E-state index contributed by atoms with van der Waals surface area (Å²) in [6, 6.07) is 12.1. The molecule has 0 radical (unpaired) electrons. The molecule has 5 nitrogen and oxygen atoms in total. The lowest BCUT2D eigenvalue weighted by Gasteiger charge is -2.26. The number of anilines is 1. The molecule has 0 spiro atoms. The number of amides is 2. The lowest BCUT2D eigenvalue weighted by Crippen LogP contribution is -2.35. The number of carbonyl (C=O) groups excluding carboxylic acids is 2. The third kappa shape index (κ3) is 5.54. The highest BCUT2D eigenvalue weighted by Crippen LogP contribution is 2.29. The monoisotopic (exact) mass is 412 g/mol. The fourth-order valence-corrected chi connectivity index (χ4v) is 4.88. The summed E-state index contributed by atoms with van der Waals surface area (Å²) >= 11 is 0. The van der Waals surface area contributed by atoms with E-state index in [1.54, 1.807) is 0 Å². The van der Waals surface area contributed by atoms with Crippen LogP contribution in [0.4, 0.5) is 5.69 Å². The first-order valence-corrected chi connectivity index (χ1v) is 11.4. The van der Waals surface area contributed by atoms with E-state index in [-0.39, 0.29) is 29.4 Å². The first-order valence-electron chi connectivity index (χ1n) is 9.93. The summed E-state index contributed by atoms with van der Waals surface area (Å²) < 4.78 is 12.4. The Kier molecular flexibility index (Phi) is 6.85. The minimum atomic E-state index is -1.56. The van der Waals surface area contributed by atoms with Crippen LogP contribution in [0, 0.1) is 20.8 Å². The summed E-state index contributed by atoms with van der Waals surface area (Å²) in [6.07, 6.45) is 2.91. The Balaban J connectivity index is 1.53. The number of aryl methyl sites for hydroxylation is 4. The van der Waals surface area contributed by atoms with Crippen molar-refractivity contribution in [2.75, 3.05) is 16.8 Å². The van der Waals surface area contributed by atoms with Gasteiger partial charge in [-0.05, 0) is 62.3 Å². The van der Waals surface area contributed by atoms with Crippen LogP contribution in [-0.4, -0.2) is 27.5 Å². The zero-order valence-corrected chi connectivity index (χ0v) is 18.0. The highest BCUT2D eigenvalue weighted by atomic mass is 32.2. The molecule has 0 saturated heterocycles. The molecule has 2 aromatic carbocycles. The Morgan fingerprint density at radius 3 is 2.41 bits per heavy atom. The topological polar surface area (TPSA) is 75.3 Å². The van der Waals surface area contributed by atoms with Crippen LogP contribution < -0.4 is 10.6 Å². The van der Waals surface area contributed by atoms with Crippen LogP contribution in [0.1, 0.15) is 46.7 Å². The molecular weight excluding hydrogens is 384 g/mol. The SMILES string of the molecule is Cc1cc(C)c(NC(=O)C[S@](=O)CC(=O)N[C@H]2CCCc3ccccc32)c(C)c1. The molecule has 0 unspecified atom stereocenters. The molecular formula is C23H28N2O3S. The van der Waals surface area contributed by atoms with E-state index in [0.29, 0.717) is 0 Å². The van der Waals surface area contributed by atoms with E-state index in [2.05, 4.69) is 16.7 Å². The number of fused-ring (bicyclic) bond motifs is 1. The second-order valence-corrected chi connectivity index (χ2v) is 9.22. The second kappa shape index (κ2) is 9.35. The van der Waals surface area contributed by atoms with Crippen molar-refractivity contribution in [3.63, 3.8) is 0 Å². The van der Waals surface area contributed by atoms with Gasteiger partial charge in [0.25, 0.3) is 0 Å². The standard InChI is InChI=1S/C23H28N2O3S/c1-15-11-16(2)23(17(3)12-15)25-22(27)14-29(28)13-21(26)24-20-10-6-8-18-7-4-5-9-19(18)20/h4-5,7,9,11-12,20H,6,8,10,13-14H2,1-3H3,(H,24,26)(H,25,27)/t20-,29+/m0/s1. The summed E-state index contributed by atoms with van der Waals surface area (Å²) in [4.78, 5) is 24.7. The van der Waals surface area contributed by atoms with Gasteiger partial charge in [-0.2, -0.15) is 0 Å². The van der Waals surface area contributed by atoms with E-state index in [9.17, 15) is 13.8 Å². The first kappa shape index (κ1) is 21.2. The lowest BCUT2D eigenvalue weighted by atomic mass is 9.88. The van der Waals surface area contributed by atoms with Gasteiger partial charge in [-0.25, -0.2) is 0 Å². The molecule has 0 fully saturated rings. The van der Waals surface area contributed by atoms with Gasteiger partial charge in [0.15, 0.2) is 0 Å². The molecule has 3 rings (SSSR count). The van der Waals surface area contributed by atoms with Crippen LogP contribution in [-0.2, 0) is 26.8 Å². The van der Waals surface area contributed by atoms with Crippen molar-refractivity contribution < 1.29 is 13.8 Å². The number of hydrogen-bond donors (Lipinski definition) is 2. The van der Waals surface area contributed by atoms with E-state index in [0.717, 1.165) is 47.2 Å². The first-order chi connectivity index (χ1) is 13.8. The number of rotatable bonds is 6. The summed E-state index contributed by atoms with van der Waals surface area (Å²) in [7, 11) is -1.56. The molecule has 6 heteroatoms. The molecule has 0 saturated carbocycles. The van der Waals surface area contributed by atoms with E-state index in [1.807, 2.05) is 51.1 Å². The van der Waals surface area contributed by atoms with Crippen LogP contribution in [0.2, 0.25) is 0 Å². The third-order valence-electron chi connectivity index (χ3n) is 5.23. The number of benzene rings is 2.